The van der Waals surface area contributed by atoms with Crippen LogP contribution >= 0.6 is 0 Å². The van der Waals surface area contributed by atoms with Gasteiger partial charge in [0.2, 0.25) is 0 Å². The summed E-state index contributed by atoms with van der Waals surface area (Å²) in [5, 5.41) is 3.36. The van der Waals surface area contributed by atoms with E-state index in [1.807, 2.05) is 0 Å². The predicted octanol–water partition coefficient (Wildman–Crippen LogP) is 0.954. The van der Waals surface area contributed by atoms with Gasteiger partial charge in [0.1, 0.15) is 0 Å². The van der Waals surface area contributed by atoms with E-state index < -0.39 is 0 Å². The fraction of sp³-hybridized carbons (Fsp3) is 0.909. The number of carbonyl (C=O) groups is 1. The highest BCUT2D eigenvalue weighted by Gasteiger charge is 2.19. The monoisotopic (exact) mass is 215 g/mol. The molecule has 1 aliphatic rings. The van der Waals surface area contributed by atoms with E-state index in [0.29, 0.717) is 24.9 Å². The number of ether oxygens (including phenoxy) is 2. The second-order valence-electron chi connectivity index (χ2n) is 4.02. The summed E-state index contributed by atoms with van der Waals surface area (Å²) in [5.74, 6) is 0.526. The fourth-order valence-corrected chi connectivity index (χ4v) is 1.89. The maximum atomic E-state index is 10.9. The second-order valence-corrected chi connectivity index (χ2v) is 4.02. The van der Waals surface area contributed by atoms with E-state index in [2.05, 4.69) is 17.0 Å². The molecular weight excluding hydrogens is 194 g/mol. The summed E-state index contributed by atoms with van der Waals surface area (Å²) in [6.07, 6.45) is 2.68. The molecule has 1 aliphatic heterocycles. The standard InChI is InChI=1S/C11H21NO3/c1-9(10-4-7-15-8-5-10)12-6-3-11(13)14-2/h9-10,12H,3-8H2,1-2H3. The molecular formula is C11H21NO3. The molecule has 1 unspecified atom stereocenters. The third-order valence-corrected chi connectivity index (χ3v) is 3.00. The van der Waals surface area contributed by atoms with Crippen LogP contribution in [0.4, 0.5) is 0 Å². The SMILES string of the molecule is COC(=O)CCNC(C)C1CCOCC1. The quantitative estimate of drug-likeness (QED) is 0.694. The van der Waals surface area contributed by atoms with Crippen molar-refractivity contribution >= 4 is 5.97 Å². The molecule has 1 saturated heterocycles. The molecule has 0 amide bonds. The molecule has 0 aromatic carbocycles. The van der Waals surface area contributed by atoms with E-state index in [9.17, 15) is 4.79 Å². The van der Waals surface area contributed by atoms with Gasteiger partial charge in [0, 0.05) is 25.8 Å². The first-order chi connectivity index (χ1) is 7.24. The summed E-state index contributed by atoms with van der Waals surface area (Å²) < 4.78 is 9.89. The van der Waals surface area contributed by atoms with Crippen LogP contribution in [0.5, 0.6) is 0 Å². The van der Waals surface area contributed by atoms with Gasteiger partial charge in [-0.3, -0.25) is 4.79 Å². The van der Waals surface area contributed by atoms with Crippen LogP contribution in [0.25, 0.3) is 0 Å². The van der Waals surface area contributed by atoms with Crippen LogP contribution in [-0.4, -0.2) is 38.9 Å². The fourth-order valence-electron chi connectivity index (χ4n) is 1.89. The smallest absolute Gasteiger partial charge is 0.306 e. The zero-order valence-electron chi connectivity index (χ0n) is 9.62. The minimum atomic E-state index is -0.151. The predicted molar refractivity (Wildman–Crippen MR) is 57.6 cm³/mol. The Morgan fingerprint density at radius 2 is 2.20 bits per heavy atom. The number of esters is 1. The van der Waals surface area contributed by atoms with Gasteiger partial charge >= 0.3 is 5.97 Å². The first-order valence-corrected chi connectivity index (χ1v) is 5.62. The first kappa shape index (κ1) is 12.5. The van der Waals surface area contributed by atoms with Gasteiger partial charge in [-0.15, -0.1) is 0 Å². The summed E-state index contributed by atoms with van der Waals surface area (Å²) in [5.41, 5.74) is 0. The van der Waals surface area contributed by atoms with Gasteiger partial charge in [0.15, 0.2) is 0 Å². The molecule has 88 valence electrons. The summed E-state index contributed by atoms with van der Waals surface area (Å²) >= 11 is 0. The Morgan fingerprint density at radius 3 is 2.80 bits per heavy atom. The van der Waals surface area contributed by atoms with Crippen molar-refractivity contribution in [1.29, 1.82) is 0 Å². The lowest BCUT2D eigenvalue weighted by Gasteiger charge is -2.28. The normalized spacial score (nSPS) is 19.9. The highest BCUT2D eigenvalue weighted by atomic mass is 16.5. The highest BCUT2D eigenvalue weighted by Crippen LogP contribution is 2.18. The number of hydrogen-bond donors (Lipinski definition) is 1. The van der Waals surface area contributed by atoms with Gasteiger partial charge < -0.3 is 14.8 Å². The third-order valence-electron chi connectivity index (χ3n) is 3.00. The Labute approximate surface area is 91.3 Å². The minimum absolute atomic E-state index is 0.151. The number of nitrogens with one attached hydrogen (secondary N) is 1. The molecule has 4 heteroatoms. The molecule has 0 spiro atoms. The molecule has 4 nitrogen and oxygen atoms in total. The van der Waals surface area contributed by atoms with E-state index in [1.54, 1.807) is 0 Å². The van der Waals surface area contributed by atoms with Gasteiger partial charge in [-0.2, -0.15) is 0 Å². The summed E-state index contributed by atoms with van der Waals surface area (Å²) in [6, 6.07) is 0.457. The topological polar surface area (TPSA) is 47.6 Å². The average Bonchev–Trinajstić information content (AvgIpc) is 2.29. The molecule has 1 fully saturated rings. The third kappa shape index (κ3) is 4.62. The van der Waals surface area contributed by atoms with Crippen molar-refractivity contribution < 1.29 is 14.3 Å². The number of methoxy groups -OCH3 is 1. The molecule has 15 heavy (non-hydrogen) atoms. The van der Waals surface area contributed by atoms with Crippen molar-refractivity contribution in [2.24, 2.45) is 5.92 Å². The molecule has 1 rings (SSSR count). The van der Waals surface area contributed by atoms with Crippen LogP contribution < -0.4 is 5.32 Å². The van der Waals surface area contributed by atoms with Crippen LogP contribution in [0.3, 0.4) is 0 Å². The Hall–Kier alpha value is -0.610. The lowest BCUT2D eigenvalue weighted by Crippen LogP contribution is -2.37. The highest BCUT2D eigenvalue weighted by molar-refractivity contribution is 5.69. The van der Waals surface area contributed by atoms with Crippen molar-refractivity contribution in [1.82, 2.24) is 5.32 Å². The summed E-state index contributed by atoms with van der Waals surface area (Å²) in [4.78, 5) is 10.9. The van der Waals surface area contributed by atoms with Gasteiger partial charge in [-0.25, -0.2) is 0 Å². The maximum Gasteiger partial charge on any atom is 0.306 e. The second kappa shape index (κ2) is 6.80. The molecule has 0 aromatic rings. The summed E-state index contributed by atoms with van der Waals surface area (Å²) in [7, 11) is 1.42. The van der Waals surface area contributed by atoms with Crippen LogP contribution in [0.2, 0.25) is 0 Å². The lowest BCUT2D eigenvalue weighted by atomic mass is 9.93. The molecule has 1 heterocycles. The molecule has 0 saturated carbocycles. The minimum Gasteiger partial charge on any atom is -0.469 e. The van der Waals surface area contributed by atoms with E-state index in [1.165, 1.54) is 7.11 Å². The van der Waals surface area contributed by atoms with Gasteiger partial charge in [-0.05, 0) is 25.7 Å². The molecule has 0 aliphatic carbocycles. The average molecular weight is 215 g/mol. The van der Waals surface area contributed by atoms with Crippen LogP contribution in [0.15, 0.2) is 0 Å². The zero-order chi connectivity index (χ0) is 11.1. The number of rotatable bonds is 5. The maximum absolute atomic E-state index is 10.9. The van der Waals surface area contributed by atoms with E-state index in [0.717, 1.165) is 26.1 Å². The van der Waals surface area contributed by atoms with Crippen molar-refractivity contribution in [3.63, 3.8) is 0 Å². The Balaban J connectivity index is 2.11. The van der Waals surface area contributed by atoms with Crippen molar-refractivity contribution in [2.45, 2.75) is 32.2 Å². The molecule has 1 N–H and O–H groups in total. The molecule has 1 atom stereocenters. The van der Waals surface area contributed by atoms with Crippen molar-refractivity contribution in [3.05, 3.63) is 0 Å². The van der Waals surface area contributed by atoms with Gasteiger partial charge in [0.25, 0.3) is 0 Å². The van der Waals surface area contributed by atoms with E-state index in [-0.39, 0.29) is 5.97 Å². The van der Waals surface area contributed by atoms with Crippen molar-refractivity contribution in [2.75, 3.05) is 26.9 Å². The van der Waals surface area contributed by atoms with Crippen molar-refractivity contribution in [3.8, 4) is 0 Å². The lowest BCUT2D eigenvalue weighted by molar-refractivity contribution is -0.140. The Kier molecular flexibility index (Phi) is 5.65. The summed E-state index contributed by atoms with van der Waals surface area (Å²) in [6.45, 7) is 4.61. The van der Waals surface area contributed by atoms with Crippen LogP contribution in [0.1, 0.15) is 26.2 Å². The Bertz CT molecular complexity index is 190. The van der Waals surface area contributed by atoms with Crippen LogP contribution in [-0.2, 0) is 14.3 Å². The first-order valence-electron chi connectivity index (χ1n) is 5.62. The largest absolute Gasteiger partial charge is 0.469 e. The van der Waals surface area contributed by atoms with E-state index in [4.69, 9.17) is 4.74 Å². The molecule has 0 radical (unpaired) electrons. The molecule has 0 bridgehead atoms. The Morgan fingerprint density at radius 1 is 1.53 bits per heavy atom. The zero-order valence-corrected chi connectivity index (χ0v) is 9.62. The van der Waals surface area contributed by atoms with E-state index >= 15 is 0 Å². The van der Waals surface area contributed by atoms with Crippen LogP contribution in [0, 0.1) is 5.92 Å². The van der Waals surface area contributed by atoms with Gasteiger partial charge in [-0.1, -0.05) is 0 Å². The number of hydrogen-bond acceptors (Lipinski definition) is 4. The number of carbonyl (C=O) groups excluding carboxylic acids is 1. The molecule has 0 aromatic heterocycles. The van der Waals surface area contributed by atoms with Gasteiger partial charge in [0.05, 0.1) is 13.5 Å².